The minimum Gasteiger partial charge on any atom is -0.444 e. The van der Waals surface area contributed by atoms with Gasteiger partial charge in [-0.2, -0.15) is 0 Å². The molecule has 1 aliphatic rings. The molecule has 2 aromatic rings. The van der Waals surface area contributed by atoms with Crippen LogP contribution >= 0.6 is 0 Å². The Labute approximate surface area is 158 Å². The summed E-state index contributed by atoms with van der Waals surface area (Å²) in [5, 5.41) is 2.76. The van der Waals surface area contributed by atoms with E-state index in [1.165, 1.54) is 0 Å². The summed E-state index contributed by atoms with van der Waals surface area (Å²) in [6.45, 7) is 6.98. The molecule has 0 radical (unpaired) electrons. The molecule has 1 fully saturated rings. The maximum Gasteiger partial charge on any atom is 0.234 e. The van der Waals surface area contributed by atoms with Gasteiger partial charge in [0.2, 0.25) is 17.7 Å². The Balaban J connectivity index is 1.47. The Morgan fingerprint density at radius 3 is 2.63 bits per heavy atom. The van der Waals surface area contributed by atoms with Crippen molar-refractivity contribution in [2.24, 2.45) is 0 Å². The van der Waals surface area contributed by atoms with E-state index in [-0.39, 0.29) is 18.2 Å². The van der Waals surface area contributed by atoms with Crippen molar-refractivity contribution in [3.8, 4) is 11.5 Å². The summed E-state index contributed by atoms with van der Waals surface area (Å²) >= 11 is 0. The molecule has 1 N–H and O–H groups in total. The standard InChI is InChI=1S/C20H24N4O3/c1-2-8-21-18(25)14-23-9-11-24(12-10-23)19(26)13-17-15-27-20(22-17)16-6-4-3-5-7-16/h2-7,15H,1,8-14H2,(H,21,25). The third-order valence-electron chi connectivity index (χ3n) is 4.44. The number of nitrogens with one attached hydrogen (secondary N) is 1. The molecule has 3 rings (SSSR count). The van der Waals surface area contributed by atoms with Crippen LogP contribution < -0.4 is 5.32 Å². The van der Waals surface area contributed by atoms with Crippen LogP contribution in [-0.2, 0) is 16.0 Å². The van der Waals surface area contributed by atoms with E-state index >= 15 is 0 Å². The number of amides is 2. The molecule has 0 spiro atoms. The number of carbonyl (C=O) groups excluding carboxylic acids is 2. The monoisotopic (exact) mass is 368 g/mol. The highest BCUT2D eigenvalue weighted by Crippen LogP contribution is 2.18. The highest BCUT2D eigenvalue weighted by Gasteiger charge is 2.23. The molecule has 0 bridgehead atoms. The van der Waals surface area contributed by atoms with Crippen LogP contribution in [0.25, 0.3) is 11.5 Å². The van der Waals surface area contributed by atoms with E-state index in [0.717, 1.165) is 5.56 Å². The van der Waals surface area contributed by atoms with Crippen molar-refractivity contribution in [3.63, 3.8) is 0 Å². The molecule has 1 aromatic carbocycles. The predicted octanol–water partition coefficient (Wildman–Crippen LogP) is 1.33. The van der Waals surface area contributed by atoms with Crippen LogP contribution in [0.4, 0.5) is 0 Å². The van der Waals surface area contributed by atoms with E-state index in [1.54, 1.807) is 12.3 Å². The molecule has 2 amide bonds. The highest BCUT2D eigenvalue weighted by atomic mass is 16.3. The summed E-state index contributed by atoms with van der Waals surface area (Å²) < 4.78 is 5.49. The second kappa shape index (κ2) is 9.14. The van der Waals surface area contributed by atoms with Gasteiger partial charge in [0.15, 0.2) is 0 Å². The molecule has 142 valence electrons. The molecule has 1 aromatic heterocycles. The fourth-order valence-corrected chi connectivity index (χ4v) is 2.97. The van der Waals surface area contributed by atoms with E-state index in [2.05, 4.69) is 16.9 Å². The molecule has 2 heterocycles. The van der Waals surface area contributed by atoms with Gasteiger partial charge in [-0.25, -0.2) is 4.98 Å². The molecule has 0 atom stereocenters. The van der Waals surface area contributed by atoms with Crippen molar-refractivity contribution in [2.75, 3.05) is 39.3 Å². The van der Waals surface area contributed by atoms with Crippen LogP contribution in [0.2, 0.25) is 0 Å². The fourth-order valence-electron chi connectivity index (χ4n) is 2.97. The number of rotatable bonds is 7. The smallest absolute Gasteiger partial charge is 0.234 e. The first-order chi connectivity index (χ1) is 13.2. The number of hydrogen-bond acceptors (Lipinski definition) is 5. The van der Waals surface area contributed by atoms with Crippen LogP contribution in [0, 0.1) is 0 Å². The third-order valence-corrected chi connectivity index (χ3v) is 4.44. The second-order valence-corrected chi connectivity index (χ2v) is 6.44. The van der Waals surface area contributed by atoms with Crippen molar-refractivity contribution in [3.05, 3.63) is 54.9 Å². The van der Waals surface area contributed by atoms with E-state index < -0.39 is 0 Å². The Morgan fingerprint density at radius 1 is 1.19 bits per heavy atom. The van der Waals surface area contributed by atoms with Gasteiger partial charge in [-0.3, -0.25) is 14.5 Å². The molecule has 7 nitrogen and oxygen atoms in total. The average Bonchev–Trinajstić information content (AvgIpc) is 3.16. The summed E-state index contributed by atoms with van der Waals surface area (Å²) in [6.07, 6.45) is 3.41. The van der Waals surface area contributed by atoms with Gasteiger partial charge in [-0.1, -0.05) is 24.3 Å². The maximum atomic E-state index is 12.5. The molecule has 1 saturated heterocycles. The summed E-state index contributed by atoms with van der Waals surface area (Å²) in [7, 11) is 0. The summed E-state index contributed by atoms with van der Waals surface area (Å²) in [6, 6.07) is 9.60. The lowest BCUT2D eigenvalue weighted by molar-refractivity contribution is -0.132. The molecule has 27 heavy (non-hydrogen) atoms. The second-order valence-electron chi connectivity index (χ2n) is 6.44. The van der Waals surface area contributed by atoms with Crippen LogP contribution in [0.3, 0.4) is 0 Å². The van der Waals surface area contributed by atoms with Crippen LogP contribution in [0.15, 0.2) is 53.7 Å². The van der Waals surface area contributed by atoms with Crippen molar-refractivity contribution in [1.82, 2.24) is 20.1 Å². The molecule has 1 aliphatic heterocycles. The normalized spacial score (nSPS) is 14.7. The molecular weight excluding hydrogens is 344 g/mol. The Kier molecular flexibility index (Phi) is 6.38. The number of carbonyl (C=O) groups is 2. The van der Waals surface area contributed by atoms with Crippen molar-refractivity contribution in [1.29, 1.82) is 0 Å². The quantitative estimate of drug-likeness (QED) is 0.746. The SMILES string of the molecule is C=CCNC(=O)CN1CCN(C(=O)Cc2coc(-c3ccccc3)n2)CC1. The van der Waals surface area contributed by atoms with Gasteiger partial charge in [0.1, 0.15) is 6.26 Å². The number of oxazole rings is 1. The topological polar surface area (TPSA) is 78.7 Å². The molecule has 7 heteroatoms. The number of aromatic nitrogens is 1. The number of piperazine rings is 1. The zero-order valence-corrected chi connectivity index (χ0v) is 15.3. The first-order valence-corrected chi connectivity index (χ1v) is 9.03. The first kappa shape index (κ1) is 18.8. The summed E-state index contributed by atoms with van der Waals surface area (Å²) in [5.41, 5.74) is 1.52. The van der Waals surface area contributed by atoms with Gasteiger partial charge in [0, 0.05) is 38.3 Å². The van der Waals surface area contributed by atoms with E-state index in [9.17, 15) is 9.59 Å². The molecular formula is C20H24N4O3. The van der Waals surface area contributed by atoms with Crippen molar-refractivity contribution in [2.45, 2.75) is 6.42 Å². The zero-order chi connectivity index (χ0) is 19.1. The lowest BCUT2D eigenvalue weighted by Gasteiger charge is -2.34. The van der Waals surface area contributed by atoms with Gasteiger partial charge in [0.05, 0.1) is 18.7 Å². The lowest BCUT2D eigenvalue weighted by Crippen LogP contribution is -2.51. The first-order valence-electron chi connectivity index (χ1n) is 9.03. The Hall–Kier alpha value is -2.93. The fraction of sp³-hybridized carbons (Fsp3) is 0.350. The highest BCUT2D eigenvalue weighted by molar-refractivity contribution is 5.79. The zero-order valence-electron chi connectivity index (χ0n) is 15.3. The number of benzene rings is 1. The molecule has 0 aliphatic carbocycles. The van der Waals surface area contributed by atoms with E-state index in [0.29, 0.717) is 50.9 Å². The van der Waals surface area contributed by atoms with Crippen LogP contribution in [0.5, 0.6) is 0 Å². The Morgan fingerprint density at radius 2 is 1.93 bits per heavy atom. The van der Waals surface area contributed by atoms with Crippen molar-refractivity contribution >= 4 is 11.8 Å². The third kappa shape index (κ3) is 5.27. The largest absolute Gasteiger partial charge is 0.444 e. The predicted molar refractivity (Wildman–Crippen MR) is 102 cm³/mol. The van der Waals surface area contributed by atoms with Crippen LogP contribution in [-0.4, -0.2) is 65.9 Å². The van der Waals surface area contributed by atoms with Crippen molar-refractivity contribution < 1.29 is 14.0 Å². The Bertz CT molecular complexity index is 780. The minimum absolute atomic E-state index is 0.0225. The lowest BCUT2D eigenvalue weighted by atomic mass is 10.2. The van der Waals surface area contributed by atoms with Gasteiger partial charge in [-0.05, 0) is 12.1 Å². The molecule has 0 saturated carbocycles. The minimum atomic E-state index is -0.0225. The van der Waals surface area contributed by atoms with Gasteiger partial charge in [-0.15, -0.1) is 6.58 Å². The summed E-state index contributed by atoms with van der Waals surface area (Å²) in [5.74, 6) is 0.526. The van der Waals surface area contributed by atoms with E-state index in [1.807, 2.05) is 40.1 Å². The van der Waals surface area contributed by atoms with Gasteiger partial charge in [0.25, 0.3) is 0 Å². The average molecular weight is 368 g/mol. The van der Waals surface area contributed by atoms with Crippen LogP contribution in [0.1, 0.15) is 5.69 Å². The maximum absolute atomic E-state index is 12.5. The summed E-state index contributed by atoms with van der Waals surface area (Å²) in [4.78, 5) is 32.5. The molecule has 0 unspecified atom stereocenters. The van der Waals surface area contributed by atoms with Gasteiger partial charge < -0.3 is 14.6 Å². The van der Waals surface area contributed by atoms with Gasteiger partial charge >= 0.3 is 0 Å². The van der Waals surface area contributed by atoms with E-state index in [4.69, 9.17) is 4.42 Å². The number of nitrogens with zero attached hydrogens (tertiary/aromatic N) is 3. The number of hydrogen-bond donors (Lipinski definition) is 1.